The summed E-state index contributed by atoms with van der Waals surface area (Å²) in [5.74, 6) is 0.355. The van der Waals surface area contributed by atoms with Crippen LogP contribution in [0.1, 0.15) is 22.1 Å². The van der Waals surface area contributed by atoms with Crippen LogP contribution in [0.15, 0.2) is 41.8 Å². The molecule has 23 heavy (non-hydrogen) atoms. The van der Waals surface area contributed by atoms with Gasteiger partial charge in [-0.05, 0) is 30.7 Å². The highest BCUT2D eigenvalue weighted by Gasteiger charge is 2.27. The molecular formula is C16H13ClN4OS. The Morgan fingerprint density at radius 2 is 2.00 bits per heavy atom. The van der Waals surface area contributed by atoms with Gasteiger partial charge < -0.3 is 16.2 Å². The Labute approximate surface area is 142 Å². The predicted molar refractivity (Wildman–Crippen MR) is 91.3 cm³/mol. The summed E-state index contributed by atoms with van der Waals surface area (Å²) in [6.07, 6.45) is 1.86. The Hall–Kier alpha value is -2.49. The second kappa shape index (κ2) is 5.95. The molecule has 0 saturated heterocycles. The smallest absolute Gasteiger partial charge is 0.205 e. The molecule has 3 rings (SSSR count). The quantitative estimate of drug-likeness (QED) is 0.868. The van der Waals surface area contributed by atoms with Crippen LogP contribution in [0, 0.1) is 18.3 Å². The zero-order valence-corrected chi connectivity index (χ0v) is 13.8. The fourth-order valence-electron chi connectivity index (χ4n) is 2.42. The van der Waals surface area contributed by atoms with E-state index in [1.165, 1.54) is 11.3 Å². The number of nitrogens with two attached hydrogens (primary N) is 2. The van der Waals surface area contributed by atoms with Crippen molar-refractivity contribution in [3.63, 3.8) is 0 Å². The van der Waals surface area contributed by atoms with Crippen LogP contribution in [0.2, 0.25) is 5.02 Å². The lowest BCUT2D eigenvalue weighted by Gasteiger charge is -2.22. The van der Waals surface area contributed by atoms with E-state index >= 15 is 0 Å². The number of hydrogen-bond acceptors (Lipinski definition) is 6. The molecule has 1 aliphatic rings. The molecule has 116 valence electrons. The van der Waals surface area contributed by atoms with Crippen molar-refractivity contribution in [3.05, 3.63) is 63.0 Å². The molecule has 1 aromatic carbocycles. The topological polar surface area (TPSA) is 98.0 Å². The second-order valence-corrected chi connectivity index (χ2v) is 6.49. The van der Waals surface area contributed by atoms with Crippen molar-refractivity contribution in [3.8, 4) is 6.07 Å². The van der Waals surface area contributed by atoms with Crippen molar-refractivity contribution in [1.82, 2.24) is 4.98 Å². The number of nitrogens with zero attached hydrogens (tertiary/aromatic N) is 2. The number of nitriles is 1. The largest absolute Gasteiger partial charge is 0.439 e. The van der Waals surface area contributed by atoms with Crippen LogP contribution in [-0.2, 0) is 4.74 Å². The minimum Gasteiger partial charge on any atom is -0.439 e. The highest BCUT2D eigenvalue weighted by Crippen LogP contribution is 2.39. The van der Waals surface area contributed by atoms with E-state index in [4.69, 9.17) is 27.8 Å². The van der Waals surface area contributed by atoms with E-state index in [1.807, 2.05) is 25.1 Å². The van der Waals surface area contributed by atoms with Gasteiger partial charge in [0, 0.05) is 10.9 Å². The number of halogens is 1. The highest BCUT2D eigenvalue weighted by atomic mass is 35.5. The third-order valence-corrected chi connectivity index (χ3v) is 4.75. The lowest BCUT2D eigenvalue weighted by Crippen LogP contribution is -2.16. The van der Waals surface area contributed by atoms with E-state index in [2.05, 4.69) is 11.1 Å². The first-order valence-electron chi connectivity index (χ1n) is 6.77. The summed E-state index contributed by atoms with van der Waals surface area (Å²) in [6.45, 7) is 1.85. The van der Waals surface area contributed by atoms with Crippen molar-refractivity contribution in [2.24, 2.45) is 5.73 Å². The van der Waals surface area contributed by atoms with Gasteiger partial charge in [-0.3, -0.25) is 0 Å². The molecule has 2 heterocycles. The second-order valence-electron chi connectivity index (χ2n) is 5.02. The third-order valence-electron chi connectivity index (χ3n) is 3.50. The normalized spacial score (nSPS) is 17.4. The molecule has 0 radical (unpaired) electrons. The summed E-state index contributed by atoms with van der Waals surface area (Å²) < 4.78 is 5.63. The van der Waals surface area contributed by atoms with Gasteiger partial charge in [-0.2, -0.15) is 5.26 Å². The SMILES string of the molecule is Cc1nc(N)sc1C1=CC(c2ccc(Cl)cc2)C(C#N)=C(N)O1. The van der Waals surface area contributed by atoms with Crippen LogP contribution in [-0.4, -0.2) is 4.98 Å². The Kier molecular flexibility index (Phi) is 3.99. The fraction of sp³-hybridized carbons (Fsp3) is 0.125. The maximum Gasteiger partial charge on any atom is 0.205 e. The molecule has 0 bridgehead atoms. The summed E-state index contributed by atoms with van der Waals surface area (Å²) >= 11 is 7.26. The van der Waals surface area contributed by atoms with Crippen LogP contribution < -0.4 is 11.5 Å². The summed E-state index contributed by atoms with van der Waals surface area (Å²) in [4.78, 5) is 5.00. The maximum absolute atomic E-state index is 9.41. The number of nitrogen functional groups attached to an aromatic ring is 1. The number of hydrogen-bond donors (Lipinski definition) is 2. The summed E-state index contributed by atoms with van der Waals surface area (Å²) in [6, 6.07) is 9.41. The Bertz CT molecular complexity index is 861. The first kappa shape index (κ1) is 15.4. The van der Waals surface area contributed by atoms with Gasteiger partial charge in [0.15, 0.2) is 5.13 Å². The number of rotatable bonds is 2. The minimum atomic E-state index is -0.302. The number of allylic oxidation sites excluding steroid dienone is 2. The van der Waals surface area contributed by atoms with Crippen molar-refractivity contribution in [1.29, 1.82) is 5.26 Å². The molecule has 5 nitrogen and oxygen atoms in total. The van der Waals surface area contributed by atoms with Crippen molar-refractivity contribution < 1.29 is 4.74 Å². The molecule has 0 fully saturated rings. The number of thiazole rings is 1. The molecule has 1 unspecified atom stereocenters. The molecule has 1 atom stereocenters. The molecule has 0 amide bonds. The number of ether oxygens (including phenoxy) is 1. The van der Waals surface area contributed by atoms with E-state index in [0.29, 0.717) is 21.5 Å². The number of benzene rings is 1. The van der Waals surface area contributed by atoms with Gasteiger partial charge in [-0.25, -0.2) is 4.98 Å². The zero-order valence-electron chi connectivity index (χ0n) is 12.2. The van der Waals surface area contributed by atoms with Crippen molar-refractivity contribution in [2.75, 3.05) is 5.73 Å². The zero-order chi connectivity index (χ0) is 16.6. The van der Waals surface area contributed by atoms with Gasteiger partial charge in [0.1, 0.15) is 17.4 Å². The monoisotopic (exact) mass is 344 g/mol. The molecule has 1 aliphatic heterocycles. The van der Waals surface area contributed by atoms with Gasteiger partial charge in [0.25, 0.3) is 0 Å². The number of aromatic nitrogens is 1. The fourth-order valence-corrected chi connectivity index (χ4v) is 3.34. The standard InChI is InChI=1S/C16H13ClN4OS/c1-8-14(23-16(20)21-8)13-6-11(12(7-18)15(19)22-13)9-2-4-10(17)5-3-9/h2-6,11H,19H2,1H3,(H2,20,21). The van der Waals surface area contributed by atoms with Crippen LogP contribution in [0.5, 0.6) is 0 Å². The number of aryl methyl sites for hydroxylation is 1. The van der Waals surface area contributed by atoms with Gasteiger partial charge >= 0.3 is 0 Å². The molecule has 0 aliphatic carbocycles. The van der Waals surface area contributed by atoms with Gasteiger partial charge in [0.2, 0.25) is 5.88 Å². The van der Waals surface area contributed by atoms with E-state index in [9.17, 15) is 5.26 Å². The molecule has 1 aromatic heterocycles. The summed E-state index contributed by atoms with van der Waals surface area (Å²) in [5.41, 5.74) is 13.7. The molecule has 7 heteroatoms. The van der Waals surface area contributed by atoms with E-state index in [0.717, 1.165) is 16.1 Å². The minimum absolute atomic E-state index is 0.0938. The maximum atomic E-state index is 9.41. The van der Waals surface area contributed by atoms with E-state index in [-0.39, 0.29) is 11.8 Å². The molecule has 0 saturated carbocycles. The Morgan fingerprint density at radius 1 is 1.30 bits per heavy atom. The highest BCUT2D eigenvalue weighted by molar-refractivity contribution is 7.16. The third kappa shape index (κ3) is 2.89. The van der Waals surface area contributed by atoms with Crippen molar-refractivity contribution in [2.45, 2.75) is 12.8 Å². The van der Waals surface area contributed by atoms with E-state index < -0.39 is 0 Å². The molecular weight excluding hydrogens is 332 g/mol. The average molecular weight is 345 g/mol. The Balaban J connectivity index is 2.09. The van der Waals surface area contributed by atoms with Crippen LogP contribution in [0.4, 0.5) is 5.13 Å². The first-order chi connectivity index (χ1) is 11.0. The van der Waals surface area contributed by atoms with Crippen LogP contribution in [0.25, 0.3) is 5.76 Å². The average Bonchev–Trinajstić information content (AvgIpc) is 2.86. The lowest BCUT2D eigenvalue weighted by molar-refractivity contribution is 0.361. The van der Waals surface area contributed by atoms with E-state index in [1.54, 1.807) is 12.1 Å². The predicted octanol–water partition coefficient (Wildman–Crippen LogP) is 3.54. The lowest BCUT2D eigenvalue weighted by atomic mass is 9.89. The first-order valence-corrected chi connectivity index (χ1v) is 7.97. The van der Waals surface area contributed by atoms with Gasteiger partial charge in [-0.1, -0.05) is 35.1 Å². The number of anilines is 1. The summed E-state index contributed by atoms with van der Waals surface area (Å²) in [5, 5.41) is 10.5. The molecule has 2 aromatic rings. The summed E-state index contributed by atoms with van der Waals surface area (Å²) in [7, 11) is 0. The van der Waals surface area contributed by atoms with Crippen LogP contribution in [0.3, 0.4) is 0 Å². The molecule has 0 spiro atoms. The van der Waals surface area contributed by atoms with Gasteiger partial charge in [-0.15, -0.1) is 0 Å². The van der Waals surface area contributed by atoms with Crippen molar-refractivity contribution >= 4 is 33.8 Å². The molecule has 4 N–H and O–H groups in total. The van der Waals surface area contributed by atoms with Crippen LogP contribution >= 0.6 is 22.9 Å². The Morgan fingerprint density at radius 3 is 2.57 bits per heavy atom. The van der Waals surface area contributed by atoms with Gasteiger partial charge in [0.05, 0.1) is 10.6 Å².